The minimum Gasteiger partial charge on any atom is -0.309 e. The molecule has 186 valence electrons. The third kappa shape index (κ3) is 3.17. The summed E-state index contributed by atoms with van der Waals surface area (Å²) in [6, 6.07) is 51.2. The summed E-state index contributed by atoms with van der Waals surface area (Å²) in [6.45, 7) is 0. The van der Waals surface area contributed by atoms with Crippen LogP contribution in [0.4, 0.5) is 0 Å². The van der Waals surface area contributed by atoms with Gasteiger partial charge in [0, 0.05) is 32.8 Å². The molecule has 0 bridgehead atoms. The normalized spacial score (nSPS) is 11.5. The van der Waals surface area contributed by atoms with Crippen LogP contribution in [-0.4, -0.2) is 9.13 Å². The number of aromatic nitrogens is 2. The highest BCUT2D eigenvalue weighted by molar-refractivity contribution is 6.15. The van der Waals surface area contributed by atoms with Gasteiger partial charge in [0.15, 0.2) is 0 Å². The molecular formula is C37H23N3. The first-order valence-corrected chi connectivity index (χ1v) is 13.4. The van der Waals surface area contributed by atoms with Gasteiger partial charge in [-0.05, 0) is 48.0 Å². The summed E-state index contributed by atoms with van der Waals surface area (Å²) in [5.41, 5.74) is 9.55. The Hall–Kier alpha value is -5.59. The molecule has 2 aromatic heterocycles. The molecule has 3 nitrogen and oxygen atoms in total. The first kappa shape index (κ1) is 22.4. The number of fused-ring (bicyclic) bond motifs is 6. The molecule has 0 spiro atoms. The molecule has 40 heavy (non-hydrogen) atoms. The minimum absolute atomic E-state index is 0.655. The highest BCUT2D eigenvalue weighted by Gasteiger charge is 2.19. The van der Waals surface area contributed by atoms with Crippen molar-refractivity contribution in [3.8, 4) is 28.6 Å². The van der Waals surface area contributed by atoms with Crippen LogP contribution in [0.25, 0.3) is 66.1 Å². The molecule has 0 fully saturated rings. The molecule has 6 aromatic carbocycles. The zero-order valence-corrected chi connectivity index (χ0v) is 21.6. The van der Waals surface area contributed by atoms with E-state index in [-0.39, 0.29) is 0 Å². The van der Waals surface area contributed by atoms with Gasteiger partial charge in [0.05, 0.1) is 33.3 Å². The Kier molecular flexibility index (Phi) is 4.89. The molecule has 0 radical (unpaired) electrons. The molecule has 2 heterocycles. The number of hydrogen-bond donors (Lipinski definition) is 0. The van der Waals surface area contributed by atoms with Gasteiger partial charge in [-0.25, -0.2) is 0 Å². The molecule has 0 saturated carbocycles. The second-order valence-corrected chi connectivity index (χ2v) is 10.1. The molecule has 0 saturated heterocycles. The van der Waals surface area contributed by atoms with Crippen LogP contribution < -0.4 is 0 Å². The van der Waals surface area contributed by atoms with Gasteiger partial charge in [0.25, 0.3) is 0 Å². The number of rotatable bonds is 3. The number of para-hydroxylation sites is 5. The van der Waals surface area contributed by atoms with Crippen molar-refractivity contribution in [2.75, 3.05) is 0 Å². The fourth-order valence-electron chi connectivity index (χ4n) is 6.26. The highest BCUT2D eigenvalue weighted by atomic mass is 15.0. The summed E-state index contributed by atoms with van der Waals surface area (Å²) in [5, 5.41) is 14.8. The van der Waals surface area contributed by atoms with Crippen LogP contribution in [0.2, 0.25) is 0 Å². The summed E-state index contributed by atoms with van der Waals surface area (Å²) < 4.78 is 4.62. The number of nitriles is 1. The fourth-order valence-corrected chi connectivity index (χ4v) is 6.26. The predicted octanol–water partition coefficient (Wildman–Crippen LogP) is 9.42. The molecule has 0 unspecified atom stereocenters. The van der Waals surface area contributed by atoms with Crippen molar-refractivity contribution in [2.45, 2.75) is 0 Å². The van der Waals surface area contributed by atoms with Crippen LogP contribution >= 0.6 is 0 Å². The lowest BCUT2D eigenvalue weighted by molar-refractivity contribution is 1.17. The molecule has 8 aromatic rings. The summed E-state index contributed by atoms with van der Waals surface area (Å²) in [6.07, 6.45) is 0. The van der Waals surface area contributed by atoms with Crippen LogP contribution in [-0.2, 0) is 0 Å². The Morgan fingerprint density at radius 3 is 1.90 bits per heavy atom. The molecule has 3 heteroatoms. The lowest BCUT2D eigenvalue weighted by Gasteiger charge is -2.13. The average Bonchev–Trinajstić information content (AvgIpc) is 3.54. The Morgan fingerprint density at radius 2 is 1.10 bits per heavy atom. The van der Waals surface area contributed by atoms with E-state index in [4.69, 9.17) is 0 Å². The van der Waals surface area contributed by atoms with Crippen molar-refractivity contribution in [1.82, 2.24) is 9.13 Å². The van der Waals surface area contributed by atoms with E-state index in [1.165, 1.54) is 38.1 Å². The van der Waals surface area contributed by atoms with Gasteiger partial charge in [-0.3, -0.25) is 0 Å². The Bertz CT molecular complexity index is 2280. The lowest BCUT2D eigenvalue weighted by Crippen LogP contribution is -1.97. The molecule has 0 N–H and O–H groups in total. The van der Waals surface area contributed by atoms with E-state index in [0.717, 1.165) is 28.0 Å². The molecule has 0 aliphatic rings. The van der Waals surface area contributed by atoms with Gasteiger partial charge < -0.3 is 9.13 Å². The summed E-state index contributed by atoms with van der Waals surface area (Å²) in [5.74, 6) is 0. The molecule has 0 aliphatic heterocycles. The van der Waals surface area contributed by atoms with Crippen LogP contribution in [0.5, 0.6) is 0 Å². The summed E-state index contributed by atoms with van der Waals surface area (Å²) in [4.78, 5) is 0. The second-order valence-electron chi connectivity index (χ2n) is 10.1. The van der Waals surface area contributed by atoms with Crippen molar-refractivity contribution in [1.29, 1.82) is 5.26 Å². The summed E-state index contributed by atoms with van der Waals surface area (Å²) >= 11 is 0. The molecule has 0 aliphatic carbocycles. The molecule has 8 rings (SSSR count). The van der Waals surface area contributed by atoms with Crippen molar-refractivity contribution >= 4 is 43.6 Å². The van der Waals surface area contributed by atoms with E-state index >= 15 is 0 Å². The van der Waals surface area contributed by atoms with E-state index in [2.05, 4.69) is 130 Å². The largest absolute Gasteiger partial charge is 0.309 e. The van der Waals surface area contributed by atoms with Gasteiger partial charge in [-0.15, -0.1) is 0 Å². The third-order valence-electron chi connectivity index (χ3n) is 7.96. The average molecular weight is 510 g/mol. The number of nitrogens with zero attached hydrogens (tertiary/aromatic N) is 3. The number of hydrogen-bond acceptors (Lipinski definition) is 1. The van der Waals surface area contributed by atoms with E-state index < -0.39 is 0 Å². The summed E-state index contributed by atoms with van der Waals surface area (Å²) in [7, 11) is 0. The van der Waals surface area contributed by atoms with Gasteiger partial charge >= 0.3 is 0 Å². The molecular weight excluding hydrogens is 486 g/mol. The Balaban J connectivity index is 1.49. The maximum absolute atomic E-state index is 9.95. The van der Waals surface area contributed by atoms with E-state index in [0.29, 0.717) is 5.56 Å². The zero-order valence-electron chi connectivity index (χ0n) is 21.6. The van der Waals surface area contributed by atoms with Crippen LogP contribution in [0.15, 0.2) is 140 Å². The number of benzene rings is 6. The molecule has 0 amide bonds. The van der Waals surface area contributed by atoms with Crippen LogP contribution in [0, 0.1) is 11.3 Å². The van der Waals surface area contributed by atoms with Crippen LogP contribution in [0.1, 0.15) is 5.56 Å². The first-order chi connectivity index (χ1) is 19.8. The van der Waals surface area contributed by atoms with Gasteiger partial charge in [-0.1, -0.05) is 97.1 Å². The zero-order chi connectivity index (χ0) is 26.6. The fraction of sp³-hybridized carbons (Fsp3) is 0. The van der Waals surface area contributed by atoms with Gasteiger partial charge in [-0.2, -0.15) is 5.26 Å². The van der Waals surface area contributed by atoms with Crippen molar-refractivity contribution < 1.29 is 0 Å². The maximum Gasteiger partial charge on any atom is 0.101 e. The quantitative estimate of drug-likeness (QED) is 0.233. The van der Waals surface area contributed by atoms with Crippen molar-refractivity contribution in [2.24, 2.45) is 0 Å². The molecule has 0 atom stereocenters. The lowest BCUT2D eigenvalue weighted by atomic mass is 10.00. The third-order valence-corrected chi connectivity index (χ3v) is 7.96. The smallest absolute Gasteiger partial charge is 0.101 e. The maximum atomic E-state index is 9.95. The van der Waals surface area contributed by atoms with Crippen molar-refractivity contribution in [3.05, 3.63) is 145 Å². The second kappa shape index (κ2) is 8.73. The first-order valence-electron chi connectivity index (χ1n) is 13.4. The monoisotopic (exact) mass is 509 g/mol. The van der Waals surface area contributed by atoms with Crippen LogP contribution in [0.3, 0.4) is 0 Å². The van der Waals surface area contributed by atoms with E-state index in [1.807, 2.05) is 24.3 Å². The predicted molar refractivity (Wildman–Crippen MR) is 165 cm³/mol. The topological polar surface area (TPSA) is 33.6 Å². The standard InChI is InChI=1S/C37H23N3/c38-24-26-11-4-7-18-33(26)40-35-20-9-5-14-29(35)31-22-21-25(23-36(31)40)28-16-10-17-32-30-15-6-8-19-34(30)39(37(28)32)27-12-2-1-3-13-27/h1-23H. The highest BCUT2D eigenvalue weighted by Crippen LogP contribution is 2.40. The minimum atomic E-state index is 0.655. The SMILES string of the molecule is N#Cc1ccccc1-n1c2ccccc2c2ccc(-c3cccc4c5ccccc5n(-c5ccccc5)c34)cc21. The van der Waals surface area contributed by atoms with Gasteiger partial charge in [0.1, 0.15) is 6.07 Å². The Labute approximate surface area is 231 Å². The van der Waals surface area contributed by atoms with Gasteiger partial charge in [0.2, 0.25) is 0 Å². The van der Waals surface area contributed by atoms with E-state index in [1.54, 1.807) is 0 Å². The Morgan fingerprint density at radius 1 is 0.475 bits per heavy atom. The van der Waals surface area contributed by atoms with Crippen molar-refractivity contribution in [3.63, 3.8) is 0 Å². The van der Waals surface area contributed by atoms with E-state index in [9.17, 15) is 5.26 Å².